The van der Waals surface area contributed by atoms with Crippen molar-refractivity contribution in [2.45, 2.75) is 32.5 Å². The van der Waals surface area contributed by atoms with Crippen molar-refractivity contribution in [1.29, 1.82) is 0 Å². The van der Waals surface area contributed by atoms with Gasteiger partial charge in [-0.05, 0) is 31.5 Å². The first kappa shape index (κ1) is 16.0. The van der Waals surface area contributed by atoms with Crippen molar-refractivity contribution < 1.29 is 14.2 Å². The van der Waals surface area contributed by atoms with Gasteiger partial charge in [-0.25, -0.2) is 4.79 Å². The Kier molecular flexibility index (Phi) is 3.31. The molecule has 4 aromatic rings. The Morgan fingerprint density at radius 3 is 2.81 bits per heavy atom. The molecular formula is C19H16N2O3S2. The van der Waals surface area contributed by atoms with Crippen LogP contribution in [0.2, 0.25) is 0 Å². The van der Waals surface area contributed by atoms with Gasteiger partial charge in [0.2, 0.25) is 4.83 Å². The molecule has 0 atom stereocenters. The highest BCUT2D eigenvalue weighted by molar-refractivity contribution is 7.18. The van der Waals surface area contributed by atoms with Crippen molar-refractivity contribution in [2.24, 2.45) is 0 Å². The van der Waals surface area contributed by atoms with Crippen LogP contribution in [-0.2, 0) is 17.8 Å². The van der Waals surface area contributed by atoms with Crippen molar-refractivity contribution >= 4 is 37.9 Å². The average molecular weight is 384 g/mol. The number of rotatable bonds is 1. The minimum Gasteiger partial charge on any atom is -0.841 e. The molecule has 1 aromatic carbocycles. The molecule has 0 bridgehead atoms. The van der Waals surface area contributed by atoms with E-state index in [2.05, 4.69) is 0 Å². The first-order valence-corrected chi connectivity index (χ1v) is 10.0. The van der Waals surface area contributed by atoms with Gasteiger partial charge in [-0.3, -0.25) is 0 Å². The van der Waals surface area contributed by atoms with Gasteiger partial charge < -0.3 is 9.84 Å². The van der Waals surface area contributed by atoms with Gasteiger partial charge in [0.05, 0.1) is 18.1 Å². The summed E-state index contributed by atoms with van der Waals surface area (Å²) in [5.74, 6) is -0.0987. The van der Waals surface area contributed by atoms with Crippen LogP contribution in [0, 0.1) is 0 Å². The van der Waals surface area contributed by atoms with E-state index in [9.17, 15) is 9.90 Å². The molecular weight excluding hydrogens is 368 g/mol. The smallest absolute Gasteiger partial charge is 0.354 e. The summed E-state index contributed by atoms with van der Waals surface area (Å²) >= 11 is 2.80. The second-order valence-electron chi connectivity index (χ2n) is 7.08. The van der Waals surface area contributed by atoms with E-state index >= 15 is 0 Å². The zero-order chi connectivity index (χ0) is 18.1. The van der Waals surface area contributed by atoms with Crippen LogP contribution in [0.5, 0.6) is 5.88 Å². The van der Waals surface area contributed by atoms with E-state index < -0.39 is 0 Å². The molecule has 3 aromatic heterocycles. The Morgan fingerprint density at radius 1 is 1.27 bits per heavy atom. The monoisotopic (exact) mass is 384 g/mol. The zero-order valence-electron chi connectivity index (χ0n) is 14.3. The van der Waals surface area contributed by atoms with Gasteiger partial charge in [0.15, 0.2) is 0 Å². The van der Waals surface area contributed by atoms with E-state index in [1.54, 1.807) is 14.3 Å². The Morgan fingerprint density at radius 2 is 2.04 bits per heavy atom. The topological polar surface area (TPSA) is 58.4 Å². The third-order valence-corrected chi connectivity index (χ3v) is 6.86. The Labute approximate surface area is 157 Å². The molecule has 5 rings (SSSR count). The third-order valence-electron chi connectivity index (χ3n) is 4.77. The molecule has 0 fully saturated rings. The summed E-state index contributed by atoms with van der Waals surface area (Å²) in [7, 11) is 0. The molecule has 0 saturated carbocycles. The van der Waals surface area contributed by atoms with Crippen LogP contribution >= 0.6 is 22.7 Å². The number of benzene rings is 1. The summed E-state index contributed by atoms with van der Waals surface area (Å²) in [6, 6.07) is 9.49. The molecule has 7 heteroatoms. The average Bonchev–Trinajstić information content (AvgIpc) is 3.16. The van der Waals surface area contributed by atoms with Gasteiger partial charge in [0.25, 0.3) is 0 Å². The largest absolute Gasteiger partial charge is 0.841 e. The molecule has 1 aliphatic heterocycles. The van der Waals surface area contributed by atoms with Gasteiger partial charge in [-0.2, -0.15) is 4.40 Å². The van der Waals surface area contributed by atoms with E-state index in [1.165, 1.54) is 22.7 Å². The summed E-state index contributed by atoms with van der Waals surface area (Å²) in [5, 5.41) is 14.8. The first-order valence-electron chi connectivity index (χ1n) is 8.35. The maximum absolute atomic E-state index is 13.5. The van der Waals surface area contributed by atoms with Crippen molar-refractivity contribution in [3.05, 3.63) is 56.5 Å². The van der Waals surface area contributed by atoms with Crippen LogP contribution in [0.15, 0.2) is 40.5 Å². The number of hydrogen-bond donors (Lipinski definition) is 0. The van der Waals surface area contributed by atoms with Crippen LogP contribution < -0.4 is 15.1 Å². The fraction of sp³-hybridized carbons (Fsp3) is 0.263. The predicted octanol–water partition coefficient (Wildman–Crippen LogP) is 2.78. The molecule has 4 heterocycles. The van der Waals surface area contributed by atoms with Crippen molar-refractivity contribution in [3.8, 4) is 11.6 Å². The molecule has 0 aliphatic carbocycles. The van der Waals surface area contributed by atoms with Crippen LogP contribution in [-0.4, -0.2) is 10.2 Å². The quantitative estimate of drug-likeness (QED) is 0.474. The molecule has 5 nitrogen and oxygen atoms in total. The van der Waals surface area contributed by atoms with Crippen molar-refractivity contribution in [1.82, 2.24) is 4.57 Å². The highest BCUT2D eigenvalue weighted by Crippen LogP contribution is 2.37. The lowest BCUT2D eigenvalue weighted by atomic mass is 9.94. The summed E-state index contributed by atoms with van der Waals surface area (Å²) in [6.45, 7) is 4.54. The minimum atomic E-state index is -0.320. The number of fused-ring (bicyclic) bond motifs is 5. The number of hydrogen-bond acceptors (Lipinski definition) is 5. The highest BCUT2D eigenvalue weighted by Gasteiger charge is 2.34. The fourth-order valence-corrected chi connectivity index (χ4v) is 5.74. The van der Waals surface area contributed by atoms with E-state index in [-0.39, 0.29) is 17.0 Å². The standard InChI is InChI=1S/C19H16N2O3S2/c1-19(2)8-12-13(9-24-19)26-17-15(12)16(23)20(11-6-4-3-5-7-11)18-21(17)14(22)10-25-18/h3-7,10H,8-9H2,1-2H3. The second-order valence-corrected chi connectivity index (χ2v) is 9.00. The summed E-state index contributed by atoms with van der Waals surface area (Å²) in [4.78, 5) is 15.9. The molecule has 0 saturated heterocycles. The van der Waals surface area contributed by atoms with Crippen LogP contribution in [0.25, 0.3) is 20.9 Å². The molecule has 0 radical (unpaired) electrons. The Bertz CT molecular complexity index is 1220. The molecule has 132 valence electrons. The van der Waals surface area contributed by atoms with Gasteiger partial charge in [0.1, 0.15) is 11.1 Å². The van der Waals surface area contributed by atoms with Crippen LogP contribution in [0.4, 0.5) is 0 Å². The molecule has 1 aliphatic rings. The summed E-state index contributed by atoms with van der Waals surface area (Å²) in [6.07, 6.45) is 0.663. The van der Waals surface area contributed by atoms with Crippen LogP contribution in [0.1, 0.15) is 24.3 Å². The van der Waals surface area contributed by atoms with Crippen molar-refractivity contribution in [3.63, 3.8) is 0 Å². The SMILES string of the molecule is CC1(C)Cc2c(sc3c2c(=O)n(-c2ccccc2)c2scc([O-])[n+]32)CO1. The van der Waals surface area contributed by atoms with E-state index in [1.807, 2.05) is 44.2 Å². The summed E-state index contributed by atoms with van der Waals surface area (Å²) < 4.78 is 9.24. The molecule has 0 unspecified atom stereocenters. The lowest BCUT2D eigenvalue weighted by Gasteiger charge is -2.29. The zero-order valence-corrected chi connectivity index (χ0v) is 15.9. The lowest BCUT2D eigenvalue weighted by Crippen LogP contribution is -2.35. The first-order chi connectivity index (χ1) is 12.5. The number of aromatic nitrogens is 2. The predicted molar refractivity (Wildman–Crippen MR) is 100 cm³/mol. The van der Waals surface area contributed by atoms with Gasteiger partial charge >= 0.3 is 10.5 Å². The maximum atomic E-state index is 13.5. The number of nitrogens with zero attached hydrogens (tertiary/aromatic N) is 2. The van der Waals surface area contributed by atoms with Crippen molar-refractivity contribution in [2.75, 3.05) is 0 Å². The number of para-hydroxylation sites is 1. The Balaban J connectivity index is 1.97. The molecule has 26 heavy (non-hydrogen) atoms. The second kappa shape index (κ2) is 5.39. The van der Waals surface area contributed by atoms with Gasteiger partial charge in [-0.15, -0.1) is 4.57 Å². The Hall–Kier alpha value is -2.22. The minimum absolute atomic E-state index is 0.0664. The fourth-order valence-electron chi connectivity index (χ4n) is 3.56. The lowest BCUT2D eigenvalue weighted by molar-refractivity contribution is -0.559. The molecule has 0 N–H and O–H groups in total. The van der Waals surface area contributed by atoms with E-state index in [4.69, 9.17) is 4.74 Å². The highest BCUT2D eigenvalue weighted by atomic mass is 32.1. The van der Waals surface area contributed by atoms with Gasteiger partial charge in [0, 0.05) is 16.7 Å². The van der Waals surface area contributed by atoms with E-state index in [0.717, 1.165) is 21.0 Å². The number of ether oxygens (including phenoxy) is 1. The van der Waals surface area contributed by atoms with Crippen LogP contribution in [0.3, 0.4) is 0 Å². The van der Waals surface area contributed by atoms with E-state index in [0.29, 0.717) is 23.4 Å². The number of thiophene rings is 1. The third kappa shape index (κ3) is 2.17. The number of thiazole rings is 1. The molecule has 0 amide bonds. The summed E-state index contributed by atoms with van der Waals surface area (Å²) in [5.41, 5.74) is 1.41. The van der Waals surface area contributed by atoms with Gasteiger partial charge in [-0.1, -0.05) is 40.9 Å². The molecule has 0 spiro atoms. The normalized spacial score (nSPS) is 16.2. The maximum Gasteiger partial charge on any atom is 0.354 e.